The van der Waals surface area contributed by atoms with Gasteiger partial charge in [-0.05, 0) is 55.4 Å². The molecule has 2 rings (SSSR count). The summed E-state index contributed by atoms with van der Waals surface area (Å²) in [5.74, 6) is 1.59. The molecule has 1 aromatic carbocycles. The quantitative estimate of drug-likeness (QED) is 0.809. The normalized spacial score (nSPS) is 26.8. The Labute approximate surface area is 131 Å². The van der Waals surface area contributed by atoms with Crippen molar-refractivity contribution in [2.24, 2.45) is 17.6 Å². The molecule has 3 N–H and O–H groups in total. The highest BCUT2D eigenvalue weighted by Gasteiger charge is 2.35. The van der Waals surface area contributed by atoms with Crippen LogP contribution in [0.15, 0.2) is 28.7 Å². The molecule has 0 amide bonds. The standard InChI is InChI=1S/C17H27BrN2/c1-13(2)10-14-4-3-9-17(11-14,12-19)20-16-7-5-15(18)6-8-16/h5-8,13-14,20H,3-4,9-12,19H2,1-2H3. The summed E-state index contributed by atoms with van der Waals surface area (Å²) in [6, 6.07) is 8.43. The maximum Gasteiger partial charge on any atom is 0.0498 e. The van der Waals surface area contributed by atoms with Gasteiger partial charge in [0.15, 0.2) is 0 Å². The first kappa shape index (κ1) is 15.8. The molecule has 2 atom stereocenters. The second kappa shape index (κ2) is 6.95. The van der Waals surface area contributed by atoms with Crippen LogP contribution in [0.1, 0.15) is 46.0 Å². The fourth-order valence-electron chi connectivity index (χ4n) is 3.54. The number of anilines is 1. The maximum absolute atomic E-state index is 6.14. The second-order valence-corrected chi connectivity index (χ2v) is 7.62. The van der Waals surface area contributed by atoms with Crippen molar-refractivity contribution < 1.29 is 0 Å². The summed E-state index contributed by atoms with van der Waals surface area (Å²) in [7, 11) is 0. The third-order valence-corrected chi connectivity index (χ3v) is 4.92. The summed E-state index contributed by atoms with van der Waals surface area (Å²) in [5.41, 5.74) is 7.41. The van der Waals surface area contributed by atoms with Crippen LogP contribution in [0.4, 0.5) is 5.69 Å². The van der Waals surface area contributed by atoms with Gasteiger partial charge in [0.2, 0.25) is 0 Å². The second-order valence-electron chi connectivity index (χ2n) is 6.71. The highest BCUT2D eigenvalue weighted by Crippen LogP contribution is 2.37. The van der Waals surface area contributed by atoms with E-state index >= 15 is 0 Å². The predicted molar refractivity (Wildman–Crippen MR) is 91.0 cm³/mol. The average molecular weight is 339 g/mol. The first-order valence-corrected chi connectivity index (χ1v) is 8.56. The van der Waals surface area contributed by atoms with Crippen molar-refractivity contribution in [2.45, 2.75) is 51.5 Å². The molecule has 0 radical (unpaired) electrons. The molecule has 0 spiro atoms. The van der Waals surface area contributed by atoms with E-state index in [4.69, 9.17) is 5.73 Å². The number of benzene rings is 1. The van der Waals surface area contributed by atoms with Gasteiger partial charge in [-0.2, -0.15) is 0 Å². The minimum absolute atomic E-state index is 0.0889. The van der Waals surface area contributed by atoms with E-state index in [9.17, 15) is 0 Å². The van der Waals surface area contributed by atoms with Crippen LogP contribution in [-0.2, 0) is 0 Å². The van der Waals surface area contributed by atoms with Gasteiger partial charge in [-0.25, -0.2) is 0 Å². The minimum Gasteiger partial charge on any atom is -0.378 e. The van der Waals surface area contributed by atoms with Crippen LogP contribution < -0.4 is 11.1 Å². The molecule has 1 fully saturated rings. The predicted octanol–water partition coefficient (Wildman–Crippen LogP) is 4.79. The molecular weight excluding hydrogens is 312 g/mol. The monoisotopic (exact) mass is 338 g/mol. The Balaban J connectivity index is 2.06. The molecule has 0 saturated heterocycles. The molecule has 0 aromatic heterocycles. The van der Waals surface area contributed by atoms with Crippen LogP contribution in [0.25, 0.3) is 0 Å². The summed E-state index contributed by atoms with van der Waals surface area (Å²) < 4.78 is 1.12. The van der Waals surface area contributed by atoms with Gasteiger partial charge < -0.3 is 11.1 Å². The third kappa shape index (κ3) is 4.23. The van der Waals surface area contributed by atoms with E-state index in [0.29, 0.717) is 0 Å². The van der Waals surface area contributed by atoms with Gasteiger partial charge in [0.25, 0.3) is 0 Å². The van der Waals surface area contributed by atoms with Gasteiger partial charge in [-0.1, -0.05) is 42.6 Å². The summed E-state index contributed by atoms with van der Waals surface area (Å²) in [5, 5.41) is 3.73. The lowest BCUT2D eigenvalue weighted by Gasteiger charge is -2.42. The number of hydrogen-bond donors (Lipinski definition) is 2. The number of nitrogens with one attached hydrogen (secondary N) is 1. The first-order valence-electron chi connectivity index (χ1n) is 7.77. The largest absolute Gasteiger partial charge is 0.378 e. The maximum atomic E-state index is 6.14. The van der Waals surface area contributed by atoms with Crippen LogP contribution >= 0.6 is 15.9 Å². The van der Waals surface area contributed by atoms with Crippen molar-refractivity contribution in [2.75, 3.05) is 11.9 Å². The van der Waals surface area contributed by atoms with Crippen molar-refractivity contribution in [3.8, 4) is 0 Å². The van der Waals surface area contributed by atoms with Crippen molar-refractivity contribution in [3.63, 3.8) is 0 Å². The van der Waals surface area contributed by atoms with E-state index in [1.165, 1.54) is 37.8 Å². The van der Waals surface area contributed by atoms with E-state index in [-0.39, 0.29) is 5.54 Å². The van der Waals surface area contributed by atoms with Gasteiger partial charge in [0.05, 0.1) is 0 Å². The van der Waals surface area contributed by atoms with E-state index in [2.05, 4.69) is 59.4 Å². The molecule has 2 unspecified atom stereocenters. The fraction of sp³-hybridized carbons (Fsp3) is 0.647. The Morgan fingerprint density at radius 3 is 2.65 bits per heavy atom. The Kier molecular flexibility index (Phi) is 5.50. The van der Waals surface area contributed by atoms with Crippen LogP contribution in [0.2, 0.25) is 0 Å². The average Bonchev–Trinajstić information content (AvgIpc) is 2.41. The molecular formula is C17H27BrN2. The Morgan fingerprint density at radius 1 is 1.35 bits per heavy atom. The number of halogens is 1. The van der Waals surface area contributed by atoms with Crippen molar-refractivity contribution in [3.05, 3.63) is 28.7 Å². The van der Waals surface area contributed by atoms with Gasteiger partial charge in [-0.15, -0.1) is 0 Å². The Morgan fingerprint density at radius 2 is 2.05 bits per heavy atom. The third-order valence-electron chi connectivity index (χ3n) is 4.40. The molecule has 1 saturated carbocycles. The molecule has 2 nitrogen and oxygen atoms in total. The van der Waals surface area contributed by atoms with Gasteiger partial charge in [-0.3, -0.25) is 0 Å². The van der Waals surface area contributed by atoms with E-state index < -0.39 is 0 Å². The SMILES string of the molecule is CC(C)CC1CCCC(CN)(Nc2ccc(Br)cc2)C1. The summed E-state index contributed by atoms with van der Waals surface area (Å²) >= 11 is 3.49. The molecule has 0 bridgehead atoms. The molecule has 1 aromatic rings. The van der Waals surface area contributed by atoms with Crippen LogP contribution in [-0.4, -0.2) is 12.1 Å². The van der Waals surface area contributed by atoms with Gasteiger partial charge >= 0.3 is 0 Å². The highest BCUT2D eigenvalue weighted by atomic mass is 79.9. The molecule has 3 heteroatoms. The van der Waals surface area contributed by atoms with Crippen molar-refractivity contribution in [1.29, 1.82) is 0 Å². The first-order chi connectivity index (χ1) is 9.53. The smallest absolute Gasteiger partial charge is 0.0498 e. The lowest BCUT2D eigenvalue weighted by atomic mass is 9.73. The zero-order chi connectivity index (χ0) is 14.6. The minimum atomic E-state index is 0.0889. The molecule has 1 aliphatic rings. The topological polar surface area (TPSA) is 38.0 Å². The van der Waals surface area contributed by atoms with Crippen LogP contribution in [0.5, 0.6) is 0 Å². The fourth-order valence-corrected chi connectivity index (χ4v) is 3.81. The Bertz CT molecular complexity index is 416. The summed E-state index contributed by atoms with van der Waals surface area (Å²) in [4.78, 5) is 0. The van der Waals surface area contributed by atoms with Crippen molar-refractivity contribution >= 4 is 21.6 Å². The van der Waals surface area contributed by atoms with Crippen molar-refractivity contribution in [1.82, 2.24) is 0 Å². The van der Waals surface area contributed by atoms with E-state index in [0.717, 1.165) is 22.9 Å². The summed E-state index contributed by atoms with van der Waals surface area (Å²) in [6.45, 7) is 5.36. The zero-order valence-electron chi connectivity index (χ0n) is 12.7. The number of nitrogens with two attached hydrogens (primary N) is 1. The number of rotatable bonds is 5. The van der Waals surface area contributed by atoms with Crippen LogP contribution in [0.3, 0.4) is 0 Å². The van der Waals surface area contributed by atoms with Gasteiger partial charge in [0.1, 0.15) is 0 Å². The van der Waals surface area contributed by atoms with Crippen LogP contribution in [0, 0.1) is 11.8 Å². The molecule has 0 aliphatic heterocycles. The van der Waals surface area contributed by atoms with E-state index in [1.54, 1.807) is 0 Å². The molecule has 20 heavy (non-hydrogen) atoms. The molecule has 1 aliphatic carbocycles. The lowest BCUT2D eigenvalue weighted by Crippen LogP contribution is -2.49. The highest BCUT2D eigenvalue weighted by molar-refractivity contribution is 9.10. The molecule has 0 heterocycles. The lowest BCUT2D eigenvalue weighted by molar-refractivity contribution is 0.223. The van der Waals surface area contributed by atoms with Gasteiger partial charge in [0, 0.05) is 22.2 Å². The Hall–Kier alpha value is -0.540. The number of hydrogen-bond acceptors (Lipinski definition) is 2. The van der Waals surface area contributed by atoms with E-state index in [1.807, 2.05) is 0 Å². The zero-order valence-corrected chi connectivity index (χ0v) is 14.2. The molecule has 112 valence electrons. The summed E-state index contributed by atoms with van der Waals surface area (Å²) in [6.07, 6.45) is 6.37.